The van der Waals surface area contributed by atoms with Gasteiger partial charge >= 0.3 is 0 Å². The van der Waals surface area contributed by atoms with Crippen LogP contribution in [0.25, 0.3) is 0 Å². The molecule has 0 N–H and O–H groups in total. The van der Waals surface area contributed by atoms with Crippen LogP contribution in [0.1, 0.15) is 90.9 Å². The van der Waals surface area contributed by atoms with E-state index in [4.69, 9.17) is 0 Å². The molecule has 0 amide bonds. The molecule has 0 spiro atoms. The van der Waals surface area contributed by atoms with Crippen molar-refractivity contribution in [2.75, 3.05) is 0 Å². The fourth-order valence-corrected chi connectivity index (χ4v) is 1.93. The molecule has 0 nitrogen and oxygen atoms in total. The van der Waals surface area contributed by atoms with Crippen LogP contribution in [-0.4, -0.2) is 0 Å². The summed E-state index contributed by atoms with van der Waals surface area (Å²) in [6.07, 6.45) is 20.2. The van der Waals surface area contributed by atoms with E-state index < -0.39 is 0 Å². The zero-order chi connectivity index (χ0) is 13.3. The van der Waals surface area contributed by atoms with Crippen molar-refractivity contribution in [3.63, 3.8) is 0 Å². The molecule has 104 valence electrons. The van der Waals surface area contributed by atoms with Crippen LogP contribution in [-0.2, 0) is 0 Å². The van der Waals surface area contributed by atoms with E-state index in [0.29, 0.717) is 0 Å². The van der Waals surface area contributed by atoms with Gasteiger partial charge in [-0.1, -0.05) is 83.1 Å². The van der Waals surface area contributed by atoms with Gasteiger partial charge in [-0.3, -0.25) is 0 Å². The van der Waals surface area contributed by atoms with Crippen LogP contribution in [0.4, 0.5) is 0 Å². The van der Waals surface area contributed by atoms with Gasteiger partial charge in [0.2, 0.25) is 0 Å². The van der Waals surface area contributed by atoms with Gasteiger partial charge < -0.3 is 0 Å². The molecule has 0 heterocycles. The first-order valence-electron chi connectivity index (χ1n) is 8.05. The molecule has 0 aromatic heterocycles. The zero-order valence-corrected chi connectivity index (χ0v) is 12.6. The number of hydrogen-bond donors (Lipinski definition) is 0. The van der Waals surface area contributed by atoms with Crippen LogP contribution in [0, 0.1) is 11.8 Å². The summed E-state index contributed by atoms with van der Waals surface area (Å²) in [6.45, 7) is 4.48. The van der Waals surface area contributed by atoms with Crippen molar-refractivity contribution >= 4 is 0 Å². The van der Waals surface area contributed by atoms with E-state index in [1.807, 2.05) is 6.08 Å². The quantitative estimate of drug-likeness (QED) is 0.299. The van der Waals surface area contributed by atoms with E-state index in [0.717, 1.165) is 6.42 Å². The maximum atomic E-state index is 3.18. The van der Waals surface area contributed by atoms with E-state index in [9.17, 15) is 0 Å². The van der Waals surface area contributed by atoms with Gasteiger partial charge in [0.25, 0.3) is 0 Å². The number of unbranched alkanes of at least 4 members (excludes halogenated alkanes) is 10. The average molecular weight is 248 g/mol. The van der Waals surface area contributed by atoms with Crippen molar-refractivity contribution in [2.24, 2.45) is 0 Å². The topological polar surface area (TPSA) is 0 Å². The second-order valence-corrected chi connectivity index (χ2v) is 5.09. The Morgan fingerprint density at radius 1 is 0.722 bits per heavy atom. The summed E-state index contributed by atoms with van der Waals surface area (Å²) in [6, 6.07) is 0. The van der Waals surface area contributed by atoms with Crippen molar-refractivity contribution in [2.45, 2.75) is 90.9 Å². The van der Waals surface area contributed by atoms with E-state index >= 15 is 0 Å². The van der Waals surface area contributed by atoms with Crippen LogP contribution in [0.5, 0.6) is 0 Å². The van der Waals surface area contributed by atoms with E-state index in [2.05, 4.69) is 31.8 Å². The normalized spacial score (nSPS) is 10.6. The van der Waals surface area contributed by atoms with Crippen LogP contribution in [0.3, 0.4) is 0 Å². The molecule has 0 radical (unpaired) electrons. The van der Waals surface area contributed by atoms with Gasteiger partial charge in [-0.2, -0.15) is 0 Å². The fraction of sp³-hybridized carbons (Fsp3) is 0.778. The molecule has 0 bridgehead atoms. The Bertz CT molecular complexity index is 226. The van der Waals surface area contributed by atoms with Crippen molar-refractivity contribution in [3.05, 3.63) is 12.2 Å². The maximum absolute atomic E-state index is 3.18. The molecule has 0 saturated carbocycles. The first-order valence-corrected chi connectivity index (χ1v) is 8.05. The summed E-state index contributed by atoms with van der Waals surface area (Å²) >= 11 is 0. The van der Waals surface area contributed by atoms with Crippen molar-refractivity contribution < 1.29 is 0 Å². The van der Waals surface area contributed by atoms with Gasteiger partial charge in [0.15, 0.2) is 0 Å². The molecule has 0 unspecified atom stereocenters. The molecule has 0 rings (SSSR count). The molecular weight excluding hydrogens is 216 g/mol. The Kier molecular flexibility index (Phi) is 15.7. The summed E-state index contributed by atoms with van der Waals surface area (Å²) in [5.74, 6) is 6.30. The Labute approximate surface area is 115 Å². The van der Waals surface area contributed by atoms with Crippen LogP contribution in [0.15, 0.2) is 12.2 Å². The molecule has 18 heavy (non-hydrogen) atoms. The second kappa shape index (κ2) is 16.3. The highest BCUT2D eigenvalue weighted by Gasteiger charge is 1.89. The van der Waals surface area contributed by atoms with Gasteiger partial charge in [0.1, 0.15) is 0 Å². The summed E-state index contributed by atoms with van der Waals surface area (Å²) in [7, 11) is 0. The monoisotopic (exact) mass is 248 g/mol. The highest BCUT2D eigenvalue weighted by molar-refractivity contribution is 5.14. The van der Waals surface area contributed by atoms with Crippen LogP contribution < -0.4 is 0 Å². The predicted octanol–water partition coefficient (Wildman–Crippen LogP) is 6.27. The smallest absolute Gasteiger partial charge is 0.00921 e. The minimum Gasteiger partial charge on any atom is -0.0985 e. The molecule has 0 fully saturated rings. The van der Waals surface area contributed by atoms with Gasteiger partial charge in [-0.25, -0.2) is 0 Å². The lowest BCUT2D eigenvalue weighted by molar-refractivity contribution is 0.577. The Morgan fingerprint density at radius 2 is 1.33 bits per heavy atom. The maximum Gasteiger partial charge on any atom is 0.00921 e. The lowest BCUT2D eigenvalue weighted by Gasteiger charge is -1.99. The number of hydrogen-bond acceptors (Lipinski definition) is 0. The van der Waals surface area contributed by atoms with Crippen LogP contribution in [0.2, 0.25) is 0 Å². The highest BCUT2D eigenvalue weighted by Crippen LogP contribution is 2.09. The predicted molar refractivity (Wildman–Crippen MR) is 83.7 cm³/mol. The zero-order valence-electron chi connectivity index (χ0n) is 12.6. The molecule has 0 aromatic carbocycles. The van der Waals surface area contributed by atoms with E-state index in [-0.39, 0.29) is 0 Å². The fourth-order valence-electron chi connectivity index (χ4n) is 1.93. The molecular formula is C18H32. The summed E-state index contributed by atoms with van der Waals surface area (Å²) in [5, 5.41) is 0. The lowest BCUT2D eigenvalue weighted by atomic mass is 10.1. The summed E-state index contributed by atoms with van der Waals surface area (Å²) < 4.78 is 0. The summed E-state index contributed by atoms with van der Waals surface area (Å²) in [5.41, 5.74) is 0. The van der Waals surface area contributed by atoms with Crippen molar-refractivity contribution in [1.82, 2.24) is 0 Å². The molecule has 0 aliphatic carbocycles. The van der Waals surface area contributed by atoms with E-state index in [1.54, 1.807) is 0 Å². The van der Waals surface area contributed by atoms with Gasteiger partial charge in [-0.15, -0.1) is 0 Å². The molecule has 0 atom stereocenters. The Hall–Kier alpha value is -0.700. The van der Waals surface area contributed by atoms with Gasteiger partial charge in [-0.05, 0) is 25.3 Å². The third-order valence-corrected chi connectivity index (χ3v) is 3.18. The SMILES string of the molecule is CCCCC#CC=CCCCCCCCCCC. The largest absolute Gasteiger partial charge is 0.0985 e. The average Bonchev–Trinajstić information content (AvgIpc) is 2.39. The first-order chi connectivity index (χ1) is 8.91. The number of allylic oxidation sites excluding steroid dienone is 2. The van der Waals surface area contributed by atoms with Gasteiger partial charge in [0, 0.05) is 6.42 Å². The number of rotatable bonds is 11. The third-order valence-electron chi connectivity index (χ3n) is 3.18. The molecule has 0 heteroatoms. The molecule has 0 aliphatic rings. The molecule has 0 saturated heterocycles. The first kappa shape index (κ1) is 17.3. The summed E-state index contributed by atoms with van der Waals surface area (Å²) in [4.78, 5) is 0. The molecule has 0 aromatic rings. The minimum absolute atomic E-state index is 1.05. The standard InChI is InChI=1S/C18H32/c1-3-5-7-9-11-13-15-17-18-16-14-12-10-8-6-4-2/h14,16H,3-9,11,13,15,17-18H2,1-2H3. The van der Waals surface area contributed by atoms with Crippen LogP contribution >= 0.6 is 0 Å². The Morgan fingerprint density at radius 3 is 2.00 bits per heavy atom. The Balaban J connectivity index is 3.14. The highest BCUT2D eigenvalue weighted by atomic mass is 14.0. The lowest BCUT2D eigenvalue weighted by Crippen LogP contribution is -1.79. The minimum atomic E-state index is 1.05. The van der Waals surface area contributed by atoms with E-state index in [1.165, 1.54) is 70.6 Å². The third kappa shape index (κ3) is 15.3. The van der Waals surface area contributed by atoms with Gasteiger partial charge in [0.05, 0.1) is 0 Å². The van der Waals surface area contributed by atoms with Crippen molar-refractivity contribution in [3.8, 4) is 11.8 Å². The second-order valence-electron chi connectivity index (χ2n) is 5.09. The van der Waals surface area contributed by atoms with Crippen molar-refractivity contribution in [1.29, 1.82) is 0 Å². The molecule has 0 aliphatic heterocycles.